The minimum absolute atomic E-state index is 0.465. The van der Waals surface area contributed by atoms with Gasteiger partial charge in [0.2, 0.25) is 0 Å². The molecule has 1 fully saturated rings. The molecule has 0 aromatic heterocycles. The maximum atomic E-state index is 5.83. The molecule has 1 saturated heterocycles. The van der Waals surface area contributed by atoms with Crippen LogP contribution in [0.2, 0.25) is 0 Å². The van der Waals surface area contributed by atoms with Gasteiger partial charge in [-0.15, -0.1) is 0 Å². The van der Waals surface area contributed by atoms with Gasteiger partial charge in [0.05, 0.1) is 12.6 Å². The second kappa shape index (κ2) is 6.17. The normalized spacial score (nSPS) is 20.4. The van der Waals surface area contributed by atoms with Crippen molar-refractivity contribution in [3.63, 3.8) is 0 Å². The molecule has 1 atom stereocenters. The summed E-state index contributed by atoms with van der Waals surface area (Å²) in [4.78, 5) is 2.41. The van der Waals surface area contributed by atoms with E-state index in [1.807, 2.05) is 30.8 Å². The lowest BCUT2D eigenvalue weighted by atomic mass is 10.2. The van der Waals surface area contributed by atoms with Crippen LogP contribution < -0.4 is 15.4 Å². The molecule has 0 saturated carbocycles. The highest BCUT2D eigenvalue weighted by Gasteiger charge is 2.21. The van der Waals surface area contributed by atoms with Crippen LogP contribution in [-0.4, -0.2) is 37.2 Å². The second-order valence-corrected chi connectivity index (χ2v) is 5.23. The molecular formula is C13H20N2OS. The SMILES string of the molecule is CCOc1ccc(N2CCSCC2CN)cc1. The van der Waals surface area contributed by atoms with Crippen LogP contribution >= 0.6 is 11.8 Å². The highest BCUT2D eigenvalue weighted by Crippen LogP contribution is 2.25. The number of hydrogen-bond acceptors (Lipinski definition) is 4. The average Bonchev–Trinajstić information content (AvgIpc) is 2.40. The number of benzene rings is 1. The van der Waals surface area contributed by atoms with Crippen molar-refractivity contribution in [3.8, 4) is 5.75 Å². The van der Waals surface area contributed by atoms with Crippen molar-refractivity contribution in [2.24, 2.45) is 5.73 Å². The molecule has 1 unspecified atom stereocenters. The van der Waals surface area contributed by atoms with E-state index < -0.39 is 0 Å². The summed E-state index contributed by atoms with van der Waals surface area (Å²) < 4.78 is 5.45. The molecule has 0 amide bonds. The van der Waals surface area contributed by atoms with E-state index in [0.717, 1.165) is 24.6 Å². The van der Waals surface area contributed by atoms with E-state index in [0.29, 0.717) is 12.6 Å². The molecule has 0 spiro atoms. The van der Waals surface area contributed by atoms with Gasteiger partial charge in [0.1, 0.15) is 5.75 Å². The zero-order valence-electron chi connectivity index (χ0n) is 10.3. The minimum Gasteiger partial charge on any atom is -0.494 e. The van der Waals surface area contributed by atoms with Crippen LogP contribution in [0.3, 0.4) is 0 Å². The van der Waals surface area contributed by atoms with E-state index >= 15 is 0 Å². The topological polar surface area (TPSA) is 38.5 Å². The van der Waals surface area contributed by atoms with E-state index in [2.05, 4.69) is 17.0 Å². The molecule has 17 heavy (non-hydrogen) atoms. The molecule has 1 heterocycles. The summed E-state index contributed by atoms with van der Waals surface area (Å²) in [6, 6.07) is 8.79. The first-order valence-electron chi connectivity index (χ1n) is 6.12. The smallest absolute Gasteiger partial charge is 0.119 e. The molecular weight excluding hydrogens is 232 g/mol. The van der Waals surface area contributed by atoms with E-state index in [1.165, 1.54) is 11.4 Å². The van der Waals surface area contributed by atoms with Crippen molar-refractivity contribution in [2.45, 2.75) is 13.0 Å². The van der Waals surface area contributed by atoms with Crippen LogP contribution in [0.1, 0.15) is 6.92 Å². The summed E-state index contributed by atoms with van der Waals surface area (Å²) in [6.45, 7) is 4.52. The van der Waals surface area contributed by atoms with Crippen LogP contribution in [0.15, 0.2) is 24.3 Å². The fourth-order valence-electron chi connectivity index (χ4n) is 2.09. The van der Waals surface area contributed by atoms with Crippen molar-refractivity contribution in [1.82, 2.24) is 0 Å². The van der Waals surface area contributed by atoms with Gasteiger partial charge in [0.25, 0.3) is 0 Å². The third kappa shape index (κ3) is 3.07. The van der Waals surface area contributed by atoms with Gasteiger partial charge in [-0.05, 0) is 31.2 Å². The summed E-state index contributed by atoms with van der Waals surface area (Å²) in [5.74, 6) is 3.25. The van der Waals surface area contributed by atoms with Crippen LogP contribution in [0.5, 0.6) is 5.75 Å². The van der Waals surface area contributed by atoms with E-state index in [1.54, 1.807) is 0 Å². The molecule has 0 radical (unpaired) electrons. The third-order valence-corrected chi connectivity index (χ3v) is 4.07. The third-order valence-electron chi connectivity index (χ3n) is 2.98. The van der Waals surface area contributed by atoms with Crippen LogP contribution in [-0.2, 0) is 0 Å². The molecule has 0 aliphatic carbocycles. The zero-order chi connectivity index (χ0) is 12.1. The predicted octanol–water partition coefficient (Wildman–Crippen LogP) is 1.97. The van der Waals surface area contributed by atoms with Crippen molar-refractivity contribution in [3.05, 3.63) is 24.3 Å². The average molecular weight is 252 g/mol. The predicted molar refractivity (Wildman–Crippen MR) is 75.1 cm³/mol. The Morgan fingerprint density at radius 3 is 2.82 bits per heavy atom. The Hall–Kier alpha value is -0.870. The molecule has 4 heteroatoms. The Morgan fingerprint density at radius 2 is 2.18 bits per heavy atom. The van der Waals surface area contributed by atoms with E-state index in [9.17, 15) is 0 Å². The number of ether oxygens (including phenoxy) is 1. The summed E-state index contributed by atoms with van der Waals surface area (Å²) in [5, 5.41) is 0. The lowest BCUT2D eigenvalue weighted by Gasteiger charge is -2.36. The molecule has 1 aromatic carbocycles. The molecule has 94 valence electrons. The number of anilines is 1. The van der Waals surface area contributed by atoms with Crippen LogP contribution in [0, 0.1) is 0 Å². The first-order valence-corrected chi connectivity index (χ1v) is 7.28. The molecule has 0 bridgehead atoms. The van der Waals surface area contributed by atoms with Crippen molar-refractivity contribution < 1.29 is 4.74 Å². The van der Waals surface area contributed by atoms with Crippen LogP contribution in [0.4, 0.5) is 5.69 Å². The second-order valence-electron chi connectivity index (χ2n) is 4.08. The van der Waals surface area contributed by atoms with Gasteiger partial charge in [0.15, 0.2) is 0 Å². The largest absolute Gasteiger partial charge is 0.494 e. The summed E-state index contributed by atoms with van der Waals surface area (Å²) in [6.07, 6.45) is 0. The molecule has 1 aliphatic rings. The first-order chi connectivity index (χ1) is 8.35. The Balaban J connectivity index is 2.09. The van der Waals surface area contributed by atoms with Gasteiger partial charge in [-0.1, -0.05) is 0 Å². The monoisotopic (exact) mass is 252 g/mol. The number of nitrogens with zero attached hydrogens (tertiary/aromatic N) is 1. The Kier molecular flexibility index (Phi) is 4.57. The summed E-state index contributed by atoms with van der Waals surface area (Å²) >= 11 is 1.99. The molecule has 2 N–H and O–H groups in total. The van der Waals surface area contributed by atoms with E-state index in [4.69, 9.17) is 10.5 Å². The van der Waals surface area contributed by atoms with Crippen LogP contribution in [0.25, 0.3) is 0 Å². The Labute approximate surface area is 107 Å². The highest BCUT2D eigenvalue weighted by atomic mass is 32.2. The Bertz CT molecular complexity index is 342. The van der Waals surface area contributed by atoms with Gasteiger partial charge in [-0.2, -0.15) is 11.8 Å². The lowest BCUT2D eigenvalue weighted by Crippen LogP contribution is -2.46. The number of nitrogens with two attached hydrogens (primary N) is 1. The summed E-state index contributed by atoms with van der Waals surface area (Å²) in [7, 11) is 0. The zero-order valence-corrected chi connectivity index (χ0v) is 11.1. The van der Waals surface area contributed by atoms with Crippen molar-refractivity contribution >= 4 is 17.4 Å². The van der Waals surface area contributed by atoms with Gasteiger partial charge in [-0.25, -0.2) is 0 Å². The van der Waals surface area contributed by atoms with Crippen molar-refractivity contribution in [1.29, 1.82) is 0 Å². The molecule has 2 rings (SSSR count). The fourth-order valence-corrected chi connectivity index (χ4v) is 3.17. The minimum atomic E-state index is 0.465. The quantitative estimate of drug-likeness (QED) is 0.889. The van der Waals surface area contributed by atoms with Gasteiger partial charge in [0, 0.05) is 30.3 Å². The lowest BCUT2D eigenvalue weighted by molar-refractivity contribution is 0.340. The number of rotatable bonds is 4. The summed E-state index contributed by atoms with van der Waals surface area (Å²) in [5.41, 5.74) is 7.08. The Morgan fingerprint density at radius 1 is 1.41 bits per heavy atom. The number of hydrogen-bond donors (Lipinski definition) is 1. The molecule has 1 aromatic rings. The molecule has 3 nitrogen and oxygen atoms in total. The molecule has 1 aliphatic heterocycles. The van der Waals surface area contributed by atoms with Gasteiger partial charge in [-0.3, -0.25) is 0 Å². The van der Waals surface area contributed by atoms with Gasteiger partial charge < -0.3 is 15.4 Å². The van der Waals surface area contributed by atoms with Crippen molar-refractivity contribution in [2.75, 3.05) is 36.1 Å². The fraction of sp³-hybridized carbons (Fsp3) is 0.538. The first kappa shape index (κ1) is 12.6. The van der Waals surface area contributed by atoms with Gasteiger partial charge >= 0.3 is 0 Å². The highest BCUT2D eigenvalue weighted by molar-refractivity contribution is 7.99. The standard InChI is InChI=1S/C13H20N2OS/c1-2-16-13-5-3-11(4-6-13)15-7-8-17-10-12(15)9-14/h3-6,12H,2,7-10,14H2,1H3. The number of thioether (sulfide) groups is 1. The maximum Gasteiger partial charge on any atom is 0.119 e. The van der Waals surface area contributed by atoms with E-state index in [-0.39, 0.29) is 0 Å². The maximum absolute atomic E-state index is 5.83.